The maximum Gasteiger partial charge on any atom is 0.282 e. The van der Waals surface area contributed by atoms with E-state index in [-0.39, 0.29) is 29.7 Å². The number of halogens is 2. The van der Waals surface area contributed by atoms with Crippen molar-refractivity contribution in [3.8, 4) is 28.8 Å². The summed E-state index contributed by atoms with van der Waals surface area (Å²) in [5.74, 6) is 0.309. The van der Waals surface area contributed by atoms with Gasteiger partial charge in [0.15, 0.2) is 23.9 Å². The molecule has 1 N–H and O–H groups in total. The van der Waals surface area contributed by atoms with Crippen LogP contribution in [0.1, 0.15) is 5.56 Å². The van der Waals surface area contributed by atoms with Crippen molar-refractivity contribution in [1.29, 1.82) is 0 Å². The van der Waals surface area contributed by atoms with Crippen molar-refractivity contribution < 1.29 is 27.8 Å². The highest BCUT2D eigenvalue weighted by Gasteiger charge is 2.18. The summed E-state index contributed by atoms with van der Waals surface area (Å²) < 4.78 is 37.1. The standard InChI is InChI=1S/C33H24ClFN4O6/c1-42-27-13-19(14-28(43-2)31(27)44-18-30(40)37-23-10-8-22(35)9-11-23)17-36-39-32(38-25-6-4-3-5-24(25)33(39)41)29-16-20-15-21(34)7-12-26(20)45-29/h3-17H,18H2,1-2H3,(H,37,40). The summed E-state index contributed by atoms with van der Waals surface area (Å²) >= 11 is 6.16. The van der Waals surface area contributed by atoms with Gasteiger partial charge in [-0.05, 0) is 72.8 Å². The van der Waals surface area contributed by atoms with Gasteiger partial charge in [-0.3, -0.25) is 9.59 Å². The molecule has 12 heteroatoms. The number of carbonyl (C=O) groups is 1. The normalized spacial score (nSPS) is 11.3. The van der Waals surface area contributed by atoms with Gasteiger partial charge < -0.3 is 23.9 Å². The summed E-state index contributed by atoms with van der Waals surface area (Å²) in [5.41, 5.74) is 1.56. The molecule has 0 saturated heterocycles. The number of benzene rings is 4. The fourth-order valence-electron chi connectivity index (χ4n) is 4.62. The molecule has 2 aromatic heterocycles. The van der Waals surface area contributed by atoms with Crippen LogP contribution in [0.4, 0.5) is 10.1 Å². The third-order valence-corrected chi connectivity index (χ3v) is 6.97. The van der Waals surface area contributed by atoms with Gasteiger partial charge >= 0.3 is 0 Å². The Morgan fingerprint density at radius 3 is 2.49 bits per heavy atom. The van der Waals surface area contributed by atoms with E-state index in [0.717, 1.165) is 10.1 Å². The first-order valence-electron chi connectivity index (χ1n) is 13.5. The van der Waals surface area contributed by atoms with E-state index in [2.05, 4.69) is 15.4 Å². The van der Waals surface area contributed by atoms with Crippen LogP contribution in [-0.4, -0.2) is 42.6 Å². The largest absolute Gasteiger partial charge is 0.493 e. The summed E-state index contributed by atoms with van der Waals surface area (Å²) in [6, 6.07) is 22.5. The van der Waals surface area contributed by atoms with Gasteiger partial charge in [-0.15, -0.1) is 0 Å². The molecule has 0 unspecified atom stereocenters. The molecule has 0 saturated carbocycles. The fraction of sp³-hybridized carbons (Fsp3) is 0.0909. The van der Waals surface area contributed by atoms with Gasteiger partial charge in [-0.25, -0.2) is 9.37 Å². The highest BCUT2D eigenvalue weighted by molar-refractivity contribution is 6.31. The Morgan fingerprint density at radius 1 is 1.02 bits per heavy atom. The van der Waals surface area contributed by atoms with Crippen molar-refractivity contribution in [2.75, 3.05) is 26.1 Å². The van der Waals surface area contributed by atoms with Crippen LogP contribution in [0.3, 0.4) is 0 Å². The number of fused-ring (bicyclic) bond motifs is 2. The van der Waals surface area contributed by atoms with Gasteiger partial charge in [0.05, 0.1) is 31.3 Å². The van der Waals surface area contributed by atoms with Gasteiger partial charge in [0.25, 0.3) is 11.5 Å². The molecule has 0 fully saturated rings. The van der Waals surface area contributed by atoms with Crippen molar-refractivity contribution in [1.82, 2.24) is 9.66 Å². The monoisotopic (exact) mass is 626 g/mol. The fourth-order valence-corrected chi connectivity index (χ4v) is 4.80. The number of ether oxygens (including phenoxy) is 3. The third kappa shape index (κ3) is 6.20. The average molecular weight is 627 g/mol. The lowest BCUT2D eigenvalue weighted by atomic mass is 10.2. The summed E-state index contributed by atoms with van der Waals surface area (Å²) in [6.07, 6.45) is 1.44. The number of aromatic nitrogens is 2. The SMILES string of the molecule is COc1cc(C=Nn2c(-c3cc4cc(Cl)ccc4o3)nc3ccccc3c2=O)cc(OC)c1OCC(=O)Nc1ccc(F)cc1. The van der Waals surface area contributed by atoms with E-state index in [1.165, 1.54) is 44.7 Å². The molecule has 45 heavy (non-hydrogen) atoms. The number of hydrogen-bond acceptors (Lipinski definition) is 8. The highest BCUT2D eigenvalue weighted by atomic mass is 35.5. The topological polar surface area (TPSA) is 117 Å². The van der Waals surface area contributed by atoms with Crippen LogP contribution < -0.4 is 25.1 Å². The number of nitrogens with zero attached hydrogens (tertiary/aromatic N) is 3. The molecule has 1 amide bonds. The number of rotatable bonds is 9. The molecule has 0 spiro atoms. The Morgan fingerprint density at radius 2 is 1.76 bits per heavy atom. The minimum absolute atomic E-state index is 0.178. The van der Waals surface area contributed by atoms with Gasteiger partial charge in [0.1, 0.15) is 11.4 Å². The van der Waals surface area contributed by atoms with Crippen LogP contribution in [0.15, 0.2) is 99.2 Å². The van der Waals surface area contributed by atoms with Crippen LogP contribution in [-0.2, 0) is 4.79 Å². The summed E-state index contributed by atoms with van der Waals surface area (Å²) in [7, 11) is 2.87. The first kappa shape index (κ1) is 29.4. The number of amides is 1. The summed E-state index contributed by atoms with van der Waals surface area (Å²) in [4.78, 5) is 30.8. The van der Waals surface area contributed by atoms with Crippen LogP contribution in [0.5, 0.6) is 17.2 Å². The van der Waals surface area contributed by atoms with Gasteiger partial charge in [-0.1, -0.05) is 23.7 Å². The number of para-hydroxylation sites is 1. The molecular weight excluding hydrogens is 603 g/mol. The van der Waals surface area contributed by atoms with Crippen LogP contribution in [0, 0.1) is 5.82 Å². The van der Waals surface area contributed by atoms with Crippen molar-refractivity contribution in [2.45, 2.75) is 0 Å². The second-order valence-electron chi connectivity index (χ2n) is 9.71. The molecular formula is C33H24ClFN4O6. The van der Waals surface area contributed by atoms with E-state index in [0.29, 0.717) is 38.5 Å². The third-order valence-electron chi connectivity index (χ3n) is 6.73. The number of carbonyl (C=O) groups excluding carboxylic acids is 1. The van der Waals surface area contributed by atoms with Gasteiger partial charge in [0, 0.05) is 21.7 Å². The van der Waals surface area contributed by atoms with Crippen molar-refractivity contribution in [2.24, 2.45) is 5.10 Å². The van der Waals surface area contributed by atoms with E-state index in [4.69, 9.17) is 30.2 Å². The zero-order valence-electron chi connectivity index (χ0n) is 23.9. The molecule has 0 radical (unpaired) electrons. The molecule has 0 bridgehead atoms. The molecule has 0 aliphatic heterocycles. The van der Waals surface area contributed by atoms with Crippen molar-refractivity contribution in [3.63, 3.8) is 0 Å². The van der Waals surface area contributed by atoms with E-state index in [1.807, 2.05) is 0 Å². The Kier molecular flexibility index (Phi) is 8.17. The second-order valence-corrected chi connectivity index (χ2v) is 10.1. The lowest BCUT2D eigenvalue weighted by molar-refractivity contribution is -0.118. The van der Waals surface area contributed by atoms with Crippen molar-refractivity contribution >= 4 is 51.3 Å². The van der Waals surface area contributed by atoms with Crippen molar-refractivity contribution in [3.05, 3.63) is 112 Å². The smallest absolute Gasteiger partial charge is 0.282 e. The lowest BCUT2D eigenvalue weighted by Gasteiger charge is -2.15. The second kappa shape index (κ2) is 12.5. The molecule has 0 aliphatic carbocycles. The molecule has 226 valence electrons. The van der Waals surface area contributed by atoms with E-state index >= 15 is 0 Å². The highest BCUT2D eigenvalue weighted by Crippen LogP contribution is 2.38. The molecule has 10 nitrogen and oxygen atoms in total. The van der Waals surface area contributed by atoms with Gasteiger partial charge in [-0.2, -0.15) is 9.78 Å². The summed E-state index contributed by atoms with van der Waals surface area (Å²) in [5, 5.41) is 8.77. The molecule has 6 aromatic rings. The Labute approximate surface area is 260 Å². The van der Waals surface area contributed by atoms with Crippen LogP contribution in [0.2, 0.25) is 5.02 Å². The first-order valence-corrected chi connectivity index (χ1v) is 13.9. The lowest BCUT2D eigenvalue weighted by Crippen LogP contribution is -2.20. The first-order chi connectivity index (χ1) is 21.8. The molecule has 0 atom stereocenters. The zero-order chi connectivity index (χ0) is 31.5. The van der Waals surface area contributed by atoms with E-state index in [1.54, 1.807) is 60.7 Å². The maximum absolute atomic E-state index is 13.6. The van der Waals surface area contributed by atoms with Gasteiger partial charge in [0.2, 0.25) is 11.6 Å². The van der Waals surface area contributed by atoms with E-state index in [9.17, 15) is 14.0 Å². The Balaban J connectivity index is 1.33. The molecule has 0 aliphatic rings. The maximum atomic E-state index is 13.6. The Hall–Kier alpha value is -5.68. The molecule has 6 rings (SSSR count). The minimum atomic E-state index is -0.472. The predicted octanol–water partition coefficient (Wildman–Crippen LogP) is 6.52. The van der Waals surface area contributed by atoms with E-state index < -0.39 is 17.3 Å². The predicted molar refractivity (Wildman–Crippen MR) is 169 cm³/mol. The number of hydrogen-bond donors (Lipinski definition) is 1. The summed E-state index contributed by atoms with van der Waals surface area (Å²) in [6.45, 7) is -0.373. The number of anilines is 1. The van der Waals surface area contributed by atoms with Crippen LogP contribution in [0.25, 0.3) is 33.5 Å². The molecule has 4 aromatic carbocycles. The number of nitrogens with one attached hydrogen (secondary N) is 1. The minimum Gasteiger partial charge on any atom is -0.493 e. The number of furan rings is 1. The number of methoxy groups -OCH3 is 2. The average Bonchev–Trinajstić information content (AvgIpc) is 3.47. The molecule has 2 heterocycles. The quantitative estimate of drug-likeness (QED) is 0.182. The van der Waals surface area contributed by atoms with Crippen LogP contribution >= 0.6 is 11.6 Å². The zero-order valence-corrected chi connectivity index (χ0v) is 24.7. The Bertz CT molecular complexity index is 2120.